The average Bonchev–Trinajstić information content (AvgIpc) is 3.49. The van der Waals surface area contributed by atoms with E-state index in [1.807, 2.05) is 24.3 Å². The number of aromatic amines is 1. The van der Waals surface area contributed by atoms with E-state index in [2.05, 4.69) is 25.9 Å². The van der Waals surface area contributed by atoms with Crippen LogP contribution in [0, 0.1) is 0 Å². The minimum atomic E-state index is -1.01. The van der Waals surface area contributed by atoms with Gasteiger partial charge in [0, 0.05) is 18.4 Å². The third kappa shape index (κ3) is 17.3. The zero-order chi connectivity index (χ0) is 31.3. The van der Waals surface area contributed by atoms with E-state index in [0.29, 0.717) is 12.2 Å². The topological polar surface area (TPSA) is 156 Å². The van der Waals surface area contributed by atoms with Gasteiger partial charge in [-0.1, -0.05) is 70.6 Å². The van der Waals surface area contributed by atoms with E-state index in [4.69, 9.17) is 14.6 Å². The number of amides is 1. The number of tetrazole rings is 1. The first kappa shape index (κ1) is 35.7. The molecule has 0 bridgehead atoms. The lowest BCUT2D eigenvalue weighted by Gasteiger charge is -2.24. The molecule has 0 aliphatic carbocycles. The van der Waals surface area contributed by atoms with Gasteiger partial charge in [0.05, 0.1) is 6.61 Å². The summed E-state index contributed by atoms with van der Waals surface area (Å²) >= 11 is 0. The van der Waals surface area contributed by atoms with Crippen LogP contribution >= 0.6 is 0 Å². The quantitative estimate of drug-likeness (QED) is 0.0968. The Kier molecular flexibility index (Phi) is 16.9. The van der Waals surface area contributed by atoms with Crippen molar-refractivity contribution in [1.82, 2.24) is 25.9 Å². The molecule has 0 aliphatic rings. The molecule has 2 aromatic rings. The van der Waals surface area contributed by atoms with E-state index in [1.54, 1.807) is 20.8 Å². The van der Waals surface area contributed by atoms with Crippen molar-refractivity contribution in [3.05, 3.63) is 24.3 Å². The number of nitrogens with zero attached hydrogens (tertiary/aromatic N) is 3. The van der Waals surface area contributed by atoms with Gasteiger partial charge >= 0.3 is 11.9 Å². The Hall–Kier alpha value is -3.50. The molecule has 2 rings (SSSR count). The first-order chi connectivity index (χ1) is 20.6. The number of esters is 1. The molecule has 1 aromatic heterocycles. The fourth-order valence-corrected chi connectivity index (χ4v) is 4.66. The van der Waals surface area contributed by atoms with E-state index in [-0.39, 0.29) is 18.7 Å². The summed E-state index contributed by atoms with van der Waals surface area (Å²) in [6.07, 6.45) is 15.2. The fraction of sp³-hybridized carbons (Fsp3) is 0.688. The SMILES string of the molecule is CC(C)(C)OC(=O)[C@H](CCC(=O)O)NC(=O)CCCCCCCCCCCCCCCOc1ccc(-c2nn[nH]n2)cc1. The Labute approximate surface area is 255 Å². The number of nitrogens with one attached hydrogen (secondary N) is 2. The van der Waals surface area contributed by atoms with Gasteiger partial charge in [-0.05, 0) is 69.5 Å². The number of benzene rings is 1. The minimum absolute atomic E-state index is 0.0199. The zero-order valence-corrected chi connectivity index (χ0v) is 26.2. The highest BCUT2D eigenvalue weighted by Crippen LogP contribution is 2.19. The lowest BCUT2D eigenvalue weighted by Crippen LogP contribution is -2.44. The first-order valence-electron chi connectivity index (χ1n) is 15.8. The Balaban J connectivity index is 1.38. The van der Waals surface area contributed by atoms with E-state index in [0.717, 1.165) is 43.6 Å². The van der Waals surface area contributed by atoms with Gasteiger partial charge in [0.1, 0.15) is 17.4 Å². The second-order valence-electron chi connectivity index (χ2n) is 12.0. The van der Waals surface area contributed by atoms with E-state index in [9.17, 15) is 14.4 Å². The number of rotatable bonds is 23. The standard InChI is InChI=1S/C32H51N5O6/c1-32(2,3)43-31(41)27(22-23-29(39)40)33-28(38)17-15-13-11-9-7-5-4-6-8-10-12-14-16-24-42-26-20-18-25(19-21-26)30-34-36-37-35-30/h18-21,27H,4-17,22-24H2,1-3H3,(H,33,38)(H,39,40)(H,34,35,36,37)/t27-/m0/s1. The second kappa shape index (κ2) is 20.4. The number of carbonyl (C=O) groups excluding carboxylic acids is 2. The summed E-state index contributed by atoms with van der Waals surface area (Å²) in [6, 6.07) is 6.80. The highest BCUT2D eigenvalue weighted by Gasteiger charge is 2.27. The van der Waals surface area contributed by atoms with Gasteiger partial charge in [-0.15, -0.1) is 10.2 Å². The Morgan fingerprint density at radius 3 is 1.91 bits per heavy atom. The molecular formula is C32H51N5O6. The molecule has 11 nitrogen and oxygen atoms in total. The number of hydrogen-bond donors (Lipinski definition) is 3. The van der Waals surface area contributed by atoms with Gasteiger partial charge in [0.15, 0.2) is 0 Å². The van der Waals surface area contributed by atoms with E-state index < -0.39 is 23.6 Å². The monoisotopic (exact) mass is 601 g/mol. The van der Waals surface area contributed by atoms with Gasteiger partial charge in [-0.3, -0.25) is 9.59 Å². The molecule has 0 unspecified atom stereocenters. The number of aliphatic carboxylic acids is 1. The molecule has 0 aliphatic heterocycles. The summed E-state index contributed by atoms with van der Waals surface area (Å²) in [5, 5.41) is 25.6. The number of ether oxygens (including phenoxy) is 2. The third-order valence-electron chi connectivity index (χ3n) is 6.95. The molecule has 1 amide bonds. The highest BCUT2D eigenvalue weighted by atomic mass is 16.6. The van der Waals surface area contributed by atoms with Gasteiger partial charge < -0.3 is 19.9 Å². The number of aromatic nitrogens is 4. The zero-order valence-electron chi connectivity index (χ0n) is 26.2. The molecule has 0 radical (unpaired) electrons. The summed E-state index contributed by atoms with van der Waals surface area (Å²) in [4.78, 5) is 35.6. The van der Waals surface area contributed by atoms with E-state index in [1.165, 1.54) is 57.8 Å². The Morgan fingerprint density at radius 1 is 0.837 bits per heavy atom. The highest BCUT2D eigenvalue weighted by molar-refractivity contribution is 5.85. The molecule has 1 aromatic carbocycles. The summed E-state index contributed by atoms with van der Waals surface area (Å²) in [7, 11) is 0. The third-order valence-corrected chi connectivity index (χ3v) is 6.95. The van der Waals surface area contributed by atoms with Crippen molar-refractivity contribution in [2.45, 2.75) is 135 Å². The number of hydrogen-bond acceptors (Lipinski definition) is 8. The molecule has 0 spiro atoms. The molecule has 0 fully saturated rings. The Morgan fingerprint density at radius 2 is 1.40 bits per heavy atom. The maximum Gasteiger partial charge on any atom is 0.329 e. The molecule has 1 atom stereocenters. The Bertz CT molecular complexity index is 1050. The molecule has 0 saturated carbocycles. The first-order valence-corrected chi connectivity index (χ1v) is 15.8. The number of unbranched alkanes of at least 4 members (excludes halogenated alkanes) is 12. The predicted molar refractivity (Wildman–Crippen MR) is 164 cm³/mol. The number of carbonyl (C=O) groups is 3. The predicted octanol–water partition coefficient (Wildman–Crippen LogP) is 6.40. The normalized spacial score (nSPS) is 12.1. The molecule has 11 heteroatoms. The van der Waals surface area contributed by atoms with Crippen molar-refractivity contribution in [3.63, 3.8) is 0 Å². The van der Waals surface area contributed by atoms with E-state index >= 15 is 0 Å². The fourth-order valence-electron chi connectivity index (χ4n) is 4.66. The van der Waals surface area contributed by atoms with Crippen molar-refractivity contribution in [3.8, 4) is 17.1 Å². The largest absolute Gasteiger partial charge is 0.494 e. The maximum absolute atomic E-state index is 12.4. The molecule has 3 N–H and O–H groups in total. The number of H-pyrrole nitrogens is 1. The van der Waals surface area contributed by atoms with Crippen molar-refractivity contribution in [1.29, 1.82) is 0 Å². The summed E-state index contributed by atoms with van der Waals surface area (Å²) < 4.78 is 11.2. The lowest BCUT2D eigenvalue weighted by atomic mass is 10.0. The number of carboxylic acids is 1. The van der Waals surface area contributed by atoms with Crippen LogP contribution in [0.5, 0.6) is 5.75 Å². The summed E-state index contributed by atoms with van der Waals surface area (Å²) in [6.45, 7) is 5.95. The van der Waals surface area contributed by atoms with Crippen LogP contribution in [-0.4, -0.2) is 61.8 Å². The van der Waals surface area contributed by atoms with Gasteiger partial charge in [-0.2, -0.15) is 5.21 Å². The molecule has 1 heterocycles. The molecular weight excluding hydrogens is 550 g/mol. The lowest BCUT2D eigenvalue weighted by molar-refractivity contribution is -0.159. The van der Waals surface area contributed by atoms with Crippen LogP contribution in [-0.2, 0) is 19.1 Å². The van der Waals surface area contributed by atoms with Crippen LogP contribution in [0.15, 0.2) is 24.3 Å². The van der Waals surface area contributed by atoms with Crippen LogP contribution in [0.2, 0.25) is 0 Å². The minimum Gasteiger partial charge on any atom is -0.494 e. The van der Waals surface area contributed by atoms with Gasteiger partial charge in [-0.25, -0.2) is 4.79 Å². The van der Waals surface area contributed by atoms with Gasteiger partial charge in [0.2, 0.25) is 11.7 Å². The van der Waals surface area contributed by atoms with Crippen LogP contribution in [0.25, 0.3) is 11.4 Å². The van der Waals surface area contributed by atoms with Crippen molar-refractivity contribution in [2.75, 3.05) is 6.61 Å². The average molecular weight is 602 g/mol. The maximum atomic E-state index is 12.4. The molecule has 43 heavy (non-hydrogen) atoms. The second-order valence-corrected chi connectivity index (χ2v) is 12.0. The smallest absolute Gasteiger partial charge is 0.329 e. The van der Waals surface area contributed by atoms with Crippen molar-refractivity contribution in [2.24, 2.45) is 0 Å². The van der Waals surface area contributed by atoms with Crippen LogP contribution in [0.1, 0.15) is 124 Å². The molecule has 0 saturated heterocycles. The summed E-state index contributed by atoms with van der Waals surface area (Å²) in [5.74, 6) is -0.402. The van der Waals surface area contributed by atoms with Crippen molar-refractivity contribution >= 4 is 17.8 Å². The summed E-state index contributed by atoms with van der Waals surface area (Å²) in [5.41, 5.74) is 0.205. The van der Waals surface area contributed by atoms with Gasteiger partial charge in [0.25, 0.3) is 0 Å². The van der Waals surface area contributed by atoms with Crippen LogP contribution < -0.4 is 10.1 Å². The van der Waals surface area contributed by atoms with Crippen LogP contribution in [0.4, 0.5) is 0 Å². The van der Waals surface area contributed by atoms with Crippen molar-refractivity contribution < 1.29 is 29.0 Å². The number of carboxylic acid groups (broad SMARTS) is 1. The molecule has 240 valence electrons. The van der Waals surface area contributed by atoms with Crippen LogP contribution in [0.3, 0.4) is 0 Å².